The van der Waals surface area contributed by atoms with Crippen molar-refractivity contribution in [2.75, 3.05) is 0 Å². The van der Waals surface area contributed by atoms with Crippen LogP contribution in [0.5, 0.6) is 0 Å². The molecule has 0 aliphatic carbocycles. The zero-order valence-electron chi connectivity index (χ0n) is 19.6. The standard InChI is InChI=1S/C24H35N3O5/c1-6-7-8-12-18(26-23(31)32-24(2,3)4)21(28)25-19(22(29)30)14-16-15-27(5)20-13-10-9-11-17(16)20/h9-11,13,15,18-19H,6-8,12,14H2,1-5H3,(H,25,28)(H,26,31)(H,29,30)/t18-,19+/m0/s1. The maximum absolute atomic E-state index is 13.0. The number of aryl methyl sites for hydroxylation is 1. The van der Waals surface area contributed by atoms with Crippen molar-refractivity contribution in [2.24, 2.45) is 7.05 Å². The molecule has 0 bridgehead atoms. The number of unbranched alkanes of at least 4 members (excludes halogenated alkanes) is 2. The fourth-order valence-corrected chi connectivity index (χ4v) is 3.60. The number of nitrogens with zero attached hydrogens (tertiary/aromatic N) is 1. The number of ether oxygens (including phenoxy) is 1. The van der Waals surface area contributed by atoms with Crippen LogP contribution in [0.15, 0.2) is 30.5 Å². The van der Waals surface area contributed by atoms with Crippen molar-refractivity contribution in [3.8, 4) is 0 Å². The number of carboxylic acids is 1. The largest absolute Gasteiger partial charge is 0.480 e. The molecule has 2 amide bonds. The number of carbonyl (C=O) groups excluding carboxylic acids is 2. The number of carboxylic acid groups (broad SMARTS) is 1. The Morgan fingerprint density at radius 1 is 1.09 bits per heavy atom. The molecule has 0 aliphatic heterocycles. The minimum absolute atomic E-state index is 0.135. The van der Waals surface area contributed by atoms with Crippen LogP contribution in [0, 0.1) is 0 Å². The van der Waals surface area contributed by atoms with E-state index in [1.165, 1.54) is 0 Å². The average molecular weight is 446 g/mol. The van der Waals surface area contributed by atoms with E-state index >= 15 is 0 Å². The van der Waals surface area contributed by atoms with Gasteiger partial charge in [0.25, 0.3) is 0 Å². The van der Waals surface area contributed by atoms with Gasteiger partial charge >= 0.3 is 12.1 Å². The van der Waals surface area contributed by atoms with Gasteiger partial charge in [0.1, 0.15) is 17.7 Å². The highest BCUT2D eigenvalue weighted by atomic mass is 16.6. The predicted octanol–water partition coefficient (Wildman–Crippen LogP) is 3.76. The number of aliphatic carboxylic acids is 1. The van der Waals surface area contributed by atoms with Crippen molar-refractivity contribution in [2.45, 2.75) is 77.5 Å². The van der Waals surface area contributed by atoms with Crippen LogP contribution in [0.4, 0.5) is 4.79 Å². The molecule has 32 heavy (non-hydrogen) atoms. The normalized spacial score (nSPS) is 13.4. The lowest BCUT2D eigenvalue weighted by Crippen LogP contribution is -2.52. The summed E-state index contributed by atoms with van der Waals surface area (Å²) in [6.07, 6.45) is 4.30. The van der Waals surface area contributed by atoms with Crippen LogP contribution in [0.25, 0.3) is 10.9 Å². The molecule has 3 N–H and O–H groups in total. The van der Waals surface area contributed by atoms with Gasteiger partial charge in [-0.05, 0) is 38.8 Å². The van der Waals surface area contributed by atoms with Gasteiger partial charge in [0.05, 0.1) is 0 Å². The topological polar surface area (TPSA) is 110 Å². The molecule has 176 valence electrons. The molecule has 0 saturated heterocycles. The molecule has 1 heterocycles. The zero-order valence-corrected chi connectivity index (χ0v) is 19.6. The van der Waals surface area contributed by atoms with E-state index in [4.69, 9.17) is 4.74 Å². The maximum Gasteiger partial charge on any atom is 0.408 e. The van der Waals surface area contributed by atoms with Crippen LogP contribution >= 0.6 is 0 Å². The fourth-order valence-electron chi connectivity index (χ4n) is 3.60. The molecule has 2 aromatic rings. The van der Waals surface area contributed by atoms with Crippen LogP contribution in [0.3, 0.4) is 0 Å². The van der Waals surface area contributed by atoms with E-state index in [0.29, 0.717) is 6.42 Å². The molecule has 2 rings (SSSR count). The molecule has 8 heteroatoms. The van der Waals surface area contributed by atoms with Crippen LogP contribution in [-0.4, -0.2) is 45.3 Å². The van der Waals surface area contributed by atoms with Crippen LogP contribution < -0.4 is 10.6 Å². The van der Waals surface area contributed by atoms with E-state index in [9.17, 15) is 19.5 Å². The molecule has 0 radical (unpaired) electrons. The Balaban J connectivity index is 2.15. The van der Waals surface area contributed by atoms with Gasteiger partial charge < -0.3 is 25.0 Å². The number of benzene rings is 1. The highest BCUT2D eigenvalue weighted by molar-refractivity contribution is 5.90. The summed E-state index contributed by atoms with van der Waals surface area (Å²) in [5, 5.41) is 15.9. The number of para-hydroxylation sites is 1. The Kier molecular flexibility index (Phi) is 8.69. The van der Waals surface area contributed by atoms with E-state index in [-0.39, 0.29) is 6.42 Å². The van der Waals surface area contributed by atoms with Crippen LogP contribution in [0.2, 0.25) is 0 Å². The van der Waals surface area contributed by atoms with Gasteiger partial charge in [0.2, 0.25) is 5.91 Å². The van der Waals surface area contributed by atoms with E-state index < -0.39 is 35.7 Å². The van der Waals surface area contributed by atoms with Gasteiger partial charge in [-0.3, -0.25) is 4.79 Å². The minimum atomic E-state index is -1.13. The Labute approximate surface area is 189 Å². The Morgan fingerprint density at radius 3 is 2.41 bits per heavy atom. The maximum atomic E-state index is 13.0. The highest BCUT2D eigenvalue weighted by Crippen LogP contribution is 2.21. The average Bonchev–Trinajstić information content (AvgIpc) is 3.01. The molecule has 2 atom stereocenters. The summed E-state index contributed by atoms with van der Waals surface area (Å²) in [6.45, 7) is 7.26. The fraction of sp³-hybridized carbons (Fsp3) is 0.542. The number of alkyl carbamates (subject to hydrolysis) is 1. The summed E-state index contributed by atoms with van der Waals surface area (Å²) >= 11 is 0. The number of nitrogens with one attached hydrogen (secondary N) is 2. The number of rotatable bonds is 10. The first kappa shape index (κ1) is 25.2. The molecule has 1 aromatic carbocycles. The SMILES string of the molecule is CCCCC[C@H](NC(=O)OC(C)(C)C)C(=O)N[C@H](Cc1cn(C)c2ccccc12)C(=O)O. The number of fused-ring (bicyclic) bond motifs is 1. The third-order valence-electron chi connectivity index (χ3n) is 5.12. The summed E-state index contributed by atoms with van der Waals surface area (Å²) in [5.74, 6) is -1.66. The van der Waals surface area contributed by atoms with Gasteiger partial charge in [-0.15, -0.1) is 0 Å². The quantitative estimate of drug-likeness (QED) is 0.482. The van der Waals surface area contributed by atoms with Gasteiger partial charge in [-0.2, -0.15) is 0 Å². The molecule has 0 aliphatic rings. The number of carbonyl (C=O) groups is 3. The first-order valence-corrected chi connectivity index (χ1v) is 11.1. The monoisotopic (exact) mass is 445 g/mol. The third-order valence-corrected chi connectivity index (χ3v) is 5.12. The van der Waals surface area contributed by atoms with E-state index in [0.717, 1.165) is 35.7 Å². The number of hydrogen-bond acceptors (Lipinski definition) is 4. The lowest BCUT2D eigenvalue weighted by atomic mass is 10.0. The van der Waals surface area contributed by atoms with Gasteiger partial charge in [0, 0.05) is 30.6 Å². The highest BCUT2D eigenvalue weighted by Gasteiger charge is 2.28. The van der Waals surface area contributed by atoms with E-state index in [1.54, 1.807) is 20.8 Å². The Morgan fingerprint density at radius 2 is 1.78 bits per heavy atom. The number of hydrogen-bond donors (Lipinski definition) is 3. The van der Waals surface area contributed by atoms with Crippen molar-refractivity contribution in [1.82, 2.24) is 15.2 Å². The summed E-state index contributed by atoms with van der Waals surface area (Å²) < 4.78 is 7.21. The minimum Gasteiger partial charge on any atom is -0.480 e. The molecule has 0 spiro atoms. The Bertz CT molecular complexity index is 945. The lowest BCUT2D eigenvalue weighted by Gasteiger charge is -2.24. The van der Waals surface area contributed by atoms with Crippen LogP contribution in [-0.2, 0) is 27.8 Å². The smallest absolute Gasteiger partial charge is 0.408 e. The van der Waals surface area contributed by atoms with Crippen molar-refractivity contribution in [3.63, 3.8) is 0 Å². The second kappa shape index (κ2) is 11.0. The first-order chi connectivity index (χ1) is 15.0. The molecular formula is C24H35N3O5. The first-order valence-electron chi connectivity index (χ1n) is 11.1. The van der Waals surface area contributed by atoms with Gasteiger partial charge in [-0.25, -0.2) is 9.59 Å². The second-order valence-electron chi connectivity index (χ2n) is 9.08. The molecule has 1 aromatic heterocycles. The predicted molar refractivity (Wildman–Crippen MR) is 123 cm³/mol. The summed E-state index contributed by atoms with van der Waals surface area (Å²) in [4.78, 5) is 37.1. The van der Waals surface area contributed by atoms with Gasteiger partial charge in [-0.1, -0.05) is 44.4 Å². The van der Waals surface area contributed by atoms with Gasteiger partial charge in [0.15, 0.2) is 0 Å². The number of aromatic nitrogens is 1. The van der Waals surface area contributed by atoms with Crippen LogP contribution in [0.1, 0.15) is 58.9 Å². The molecular weight excluding hydrogens is 410 g/mol. The molecule has 0 unspecified atom stereocenters. The van der Waals surface area contributed by atoms with E-state index in [1.807, 2.05) is 49.0 Å². The molecule has 8 nitrogen and oxygen atoms in total. The van der Waals surface area contributed by atoms with Crippen molar-refractivity contribution in [3.05, 3.63) is 36.0 Å². The molecule has 0 fully saturated rings. The zero-order chi connectivity index (χ0) is 23.9. The molecule has 0 saturated carbocycles. The summed E-state index contributed by atoms with van der Waals surface area (Å²) in [5.41, 5.74) is 1.12. The Hall–Kier alpha value is -3.03. The second-order valence-corrected chi connectivity index (χ2v) is 9.08. The summed E-state index contributed by atoms with van der Waals surface area (Å²) in [7, 11) is 1.90. The number of amides is 2. The van der Waals surface area contributed by atoms with E-state index in [2.05, 4.69) is 10.6 Å². The van der Waals surface area contributed by atoms with Crippen molar-refractivity contribution in [1.29, 1.82) is 0 Å². The van der Waals surface area contributed by atoms with Crippen molar-refractivity contribution >= 4 is 28.9 Å². The third kappa shape index (κ3) is 7.28. The van der Waals surface area contributed by atoms with Crippen molar-refractivity contribution < 1.29 is 24.2 Å². The lowest BCUT2D eigenvalue weighted by molar-refractivity contribution is -0.142. The summed E-state index contributed by atoms with van der Waals surface area (Å²) in [6, 6.07) is 5.72.